The van der Waals surface area contributed by atoms with Crippen molar-refractivity contribution in [2.75, 3.05) is 7.11 Å². The molecular weight excluding hydrogens is 377 g/mol. The molecule has 3 aromatic carbocycles. The predicted molar refractivity (Wildman–Crippen MR) is 113 cm³/mol. The summed E-state index contributed by atoms with van der Waals surface area (Å²) in [4.78, 5) is 0. The van der Waals surface area contributed by atoms with Crippen LogP contribution in [0.3, 0.4) is 0 Å². The van der Waals surface area contributed by atoms with Crippen molar-refractivity contribution in [2.24, 2.45) is 0 Å². The number of nitrogens with one attached hydrogen (secondary N) is 1. The normalized spacial score (nSPS) is 10.2. The predicted octanol–water partition coefficient (Wildman–Crippen LogP) is 5.43. The fraction of sp³-hybridized carbons (Fsp3) is 0.217. The second-order valence-corrected chi connectivity index (χ2v) is 6.43. The van der Waals surface area contributed by atoms with Gasteiger partial charge in [0.2, 0.25) is 0 Å². The van der Waals surface area contributed by atoms with Gasteiger partial charge in [-0.2, -0.15) is 0 Å². The molecule has 3 nitrogen and oxygen atoms in total. The smallest absolute Gasteiger partial charge is 0.161 e. The van der Waals surface area contributed by atoms with E-state index in [0.29, 0.717) is 25.4 Å². The summed E-state index contributed by atoms with van der Waals surface area (Å²) >= 11 is 0. The Hall–Kier alpha value is -2.56. The van der Waals surface area contributed by atoms with Crippen molar-refractivity contribution >= 4 is 12.4 Å². The largest absolute Gasteiger partial charge is 0.493 e. The van der Waals surface area contributed by atoms with E-state index in [1.54, 1.807) is 19.2 Å². The number of aryl methyl sites for hydroxylation is 1. The van der Waals surface area contributed by atoms with Crippen LogP contribution in [0.2, 0.25) is 0 Å². The highest BCUT2D eigenvalue weighted by atomic mass is 35.5. The number of rotatable bonds is 8. The Morgan fingerprint density at radius 1 is 0.857 bits per heavy atom. The molecule has 0 unspecified atom stereocenters. The van der Waals surface area contributed by atoms with Gasteiger partial charge >= 0.3 is 0 Å². The van der Waals surface area contributed by atoms with Crippen molar-refractivity contribution in [1.29, 1.82) is 0 Å². The highest BCUT2D eigenvalue weighted by Gasteiger charge is 2.07. The highest BCUT2D eigenvalue weighted by Crippen LogP contribution is 2.29. The minimum atomic E-state index is -0.218. The van der Waals surface area contributed by atoms with Crippen LogP contribution in [0.4, 0.5) is 4.39 Å². The van der Waals surface area contributed by atoms with Crippen LogP contribution in [-0.4, -0.2) is 7.11 Å². The van der Waals surface area contributed by atoms with Gasteiger partial charge in [0, 0.05) is 13.1 Å². The zero-order valence-electron chi connectivity index (χ0n) is 16.1. The van der Waals surface area contributed by atoms with Crippen molar-refractivity contribution < 1.29 is 13.9 Å². The Labute approximate surface area is 171 Å². The van der Waals surface area contributed by atoms with Crippen LogP contribution in [0.5, 0.6) is 11.5 Å². The van der Waals surface area contributed by atoms with E-state index in [0.717, 1.165) is 22.4 Å². The fourth-order valence-corrected chi connectivity index (χ4v) is 2.82. The van der Waals surface area contributed by atoms with Gasteiger partial charge in [-0.15, -0.1) is 12.4 Å². The Bertz CT molecular complexity index is 884. The number of benzene rings is 3. The molecule has 0 bridgehead atoms. The second-order valence-electron chi connectivity index (χ2n) is 6.43. The van der Waals surface area contributed by atoms with Gasteiger partial charge in [-0.3, -0.25) is 0 Å². The molecule has 0 radical (unpaired) electrons. The fourth-order valence-electron chi connectivity index (χ4n) is 2.82. The monoisotopic (exact) mass is 401 g/mol. The molecule has 0 saturated heterocycles. The van der Waals surface area contributed by atoms with Gasteiger partial charge in [-0.25, -0.2) is 4.39 Å². The minimum absolute atomic E-state index is 0. The first kappa shape index (κ1) is 21.7. The van der Waals surface area contributed by atoms with Gasteiger partial charge in [0.25, 0.3) is 0 Å². The van der Waals surface area contributed by atoms with Crippen LogP contribution in [0, 0.1) is 12.7 Å². The van der Waals surface area contributed by atoms with E-state index in [1.165, 1.54) is 17.7 Å². The topological polar surface area (TPSA) is 30.5 Å². The van der Waals surface area contributed by atoms with Gasteiger partial charge in [-0.1, -0.05) is 42.5 Å². The Morgan fingerprint density at radius 2 is 1.54 bits per heavy atom. The molecule has 0 atom stereocenters. The lowest BCUT2D eigenvalue weighted by Crippen LogP contribution is -2.12. The molecule has 0 heterocycles. The average Bonchev–Trinajstić information content (AvgIpc) is 2.69. The number of halogens is 2. The molecular formula is C23H25ClFNO2. The highest BCUT2D eigenvalue weighted by molar-refractivity contribution is 5.85. The molecule has 0 aliphatic heterocycles. The first-order valence-corrected chi connectivity index (χ1v) is 8.95. The standard InChI is InChI=1S/C23H24FNO2.ClH/c1-17-5-3-4-6-20(17)16-27-22-12-9-19(13-23(22)26-2)15-25-14-18-7-10-21(24)11-8-18;/h3-13,25H,14-16H2,1-2H3;1H. The molecule has 1 N–H and O–H groups in total. The van der Waals surface area contributed by atoms with Crippen LogP contribution in [0.1, 0.15) is 22.3 Å². The van der Waals surface area contributed by atoms with Crippen LogP contribution >= 0.6 is 12.4 Å². The van der Waals surface area contributed by atoms with E-state index >= 15 is 0 Å². The van der Waals surface area contributed by atoms with Crippen molar-refractivity contribution in [3.63, 3.8) is 0 Å². The molecule has 5 heteroatoms. The molecule has 0 spiro atoms. The molecule has 0 aromatic heterocycles. The van der Waals surface area contributed by atoms with Crippen molar-refractivity contribution in [2.45, 2.75) is 26.6 Å². The summed E-state index contributed by atoms with van der Waals surface area (Å²) in [5.74, 6) is 1.22. The Morgan fingerprint density at radius 3 is 2.25 bits per heavy atom. The van der Waals surface area contributed by atoms with E-state index in [1.807, 2.05) is 30.3 Å². The first-order valence-electron chi connectivity index (χ1n) is 8.95. The summed E-state index contributed by atoms with van der Waals surface area (Å²) in [6.07, 6.45) is 0. The summed E-state index contributed by atoms with van der Waals surface area (Å²) < 4.78 is 24.4. The van der Waals surface area contributed by atoms with Gasteiger partial charge in [-0.05, 0) is 53.4 Å². The van der Waals surface area contributed by atoms with Gasteiger partial charge < -0.3 is 14.8 Å². The maximum atomic E-state index is 12.9. The van der Waals surface area contributed by atoms with E-state index in [-0.39, 0.29) is 18.2 Å². The zero-order valence-corrected chi connectivity index (χ0v) is 16.9. The maximum Gasteiger partial charge on any atom is 0.161 e. The summed E-state index contributed by atoms with van der Waals surface area (Å²) in [6, 6.07) is 20.6. The summed E-state index contributed by atoms with van der Waals surface area (Å²) in [5, 5.41) is 3.35. The molecule has 0 aliphatic rings. The van der Waals surface area contributed by atoms with E-state index in [2.05, 4.69) is 24.4 Å². The second kappa shape index (κ2) is 10.7. The molecule has 0 aliphatic carbocycles. The molecule has 0 saturated carbocycles. The lowest BCUT2D eigenvalue weighted by atomic mass is 10.1. The molecule has 28 heavy (non-hydrogen) atoms. The van der Waals surface area contributed by atoms with Gasteiger partial charge in [0.15, 0.2) is 11.5 Å². The minimum Gasteiger partial charge on any atom is -0.493 e. The van der Waals surface area contributed by atoms with Crippen LogP contribution < -0.4 is 14.8 Å². The molecule has 3 aromatic rings. The van der Waals surface area contributed by atoms with E-state index in [4.69, 9.17) is 9.47 Å². The average molecular weight is 402 g/mol. The quantitative estimate of drug-likeness (QED) is 0.545. The SMILES string of the molecule is COc1cc(CNCc2ccc(F)cc2)ccc1OCc1ccccc1C.Cl. The molecule has 0 fully saturated rings. The summed E-state index contributed by atoms with van der Waals surface area (Å²) in [7, 11) is 1.64. The molecule has 148 valence electrons. The maximum absolute atomic E-state index is 12.9. The number of methoxy groups -OCH3 is 1. The van der Waals surface area contributed by atoms with Crippen LogP contribution in [0.25, 0.3) is 0 Å². The summed E-state index contributed by atoms with van der Waals surface area (Å²) in [5.41, 5.74) is 4.50. The van der Waals surface area contributed by atoms with Gasteiger partial charge in [0.1, 0.15) is 12.4 Å². The van der Waals surface area contributed by atoms with E-state index < -0.39 is 0 Å². The molecule has 3 rings (SSSR count). The van der Waals surface area contributed by atoms with Gasteiger partial charge in [0.05, 0.1) is 7.11 Å². The van der Waals surface area contributed by atoms with E-state index in [9.17, 15) is 4.39 Å². The van der Waals surface area contributed by atoms with Crippen LogP contribution in [-0.2, 0) is 19.7 Å². The lowest BCUT2D eigenvalue weighted by molar-refractivity contribution is 0.283. The molecule has 0 amide bonds. The number of hydrogen-bond acceptors (Lipinski definition) is 3. The Kier molecular flexibility index (Phi) is 8.30. The first-order chi connectivity index (χ1) is 13.2. The van der Waals surface area contributed by atoms with Crippen molar-refractivity contribution in [3.8, 4) is 11.5 Å². The zero-order chi connectivity index (χ0) is 19.1. The number of ether oxygens (including phenoxy) is 2. The summed E-state index contributed by atoms with van der Waals surface area (Å²) in [6.45, 7) is 3.94. The Balaban J connectivity index is 0.00000280. The third kappa shape index (κ3) is 5.98. The van der Waals surface area contributed by atoms with Crippen molar-refractivity contribution in [1.82, 2.24) is 5.32 Å². The number of hydrogen-bond donors (Lipinski definition) is 1. The third-order valence-electron chi connectivity index (χ3n) is 4.44. The third-order valence-corrected chi connectivity index (χ3v) is 4.44. The van der Waals surface area contributed by atoms with Crippen molar-refractivity contribution in [3.05, 3.63) is 94.8 Å². The lowest BCUT2D eigenvalue weighted by Gasteiger charge is -2.13. The van der Waals surface area contributed by atoms with Crippen LogP contribution in [0.15, 0.2) is 66.7 Å².